The van der Waals surface area contributed by atoms with Gasteiger partial charge < -0.3 is 5.84 Å². The minimum Gasteiger partial charge on any atom is -0.324 e. The summed E-state index contributed by atoms with van der Waals surface area (Å²) in [5.74, 6) is 5.27. The lowest BCUT2D eigenvalue weighted by molar-refractivity contribution is 0.728. The zero-order valence-electron chi connectivity index (χ0n) is 21.0. The van der Waals surface area contributed by atoms with Crippen molar-refractivity contribution in [3.05, 3.63) is 149 Å². The van der Waals surface area contributed by atoms with Gasteiger partial charge in [-0.3, -0.25) is 0 Å². The summed E-state index contributed by atoms with van der Waals surface area (Å²) in [4.78, 5) is 0. The molecule has 36 heavy (non-hydrogen) atoms. The summed E-state index contributed by atoms with van der Waals surface area (Å²) in [6.07, 6.45) is 8.08. The van der Waals surface area contributed by atoms with Crippen molar-refractivity contribution >= 4 is 11.8 Å². The first-order valence-electron chi connectivity index (χ1n) is 12.8. The van der Waals surface area contributed by atoms with Crippen molar-refractivity contribution in [2.24, 2.45) is 10.9 Å². The number of hydrogen-bond acceptors (Lipinski definition) is 2. The third-order valence-corrected chi connectivity index (χ3v) is 7.23. The highest BCUT2D eigenvalue weighted by molar-refractivity contribution is 5.93. The number of nitrogens with zero attached hydrogens (tertiary/aromatic N) is 1. The molecule has 4 aromatic carbocycles. The summed E-state index contributed by atoms with van der Waals surface area (Å²) in [5, 5.41) is 3.62. The van der Waals surface area contributed by atoms with Crippen LogP contribution in [0.25, 0.3) is 16.7 Å². The van der Waals surface area contributed by atoms with Gasteiger partial charge in [0.1, 0.15) is 0 Å². The Labute approximate surface area is 214 Å². The van der Waals surface area contributed by atoms with Crippen molar-refractivity contribution in [1.82, 2.24) is 0 Å². The summed E-state index contributed by atoms with van der Waals surface area (Å²) < 4.78 is 0. The molecule has 0 radical (unpaired) electrons. The molecule has 0 bridgehead atoms. The molecule has 0 aromatic heterocycles. The van der Waals surface area contributed by atoms with Crippen molar-refractivity contribution in [2.75, 3.05) is 0 Å². The molecule has 4 aromatic rings. The molecule has 0 heterocycles. The normalized spacial score (nSPS) is 14.9. The number of benzene rings is 4. The average molecular weight is 469 g/mol. The molecule has 2 N–H and O–H groups in total. The van der Waals surface area contributed by atoms with Crippen LogP contribution >= 0.6 is 0 Å². The summed E-state index contributed by atoms with van der Waals surface area (Å²) in [5.41, 5.74) is 11.6. The maximum absolute atomic E-state index is 5.27. The number of allylic oxidation sites excluding steroid dienone is 4. The van der Waals surface area contributed by atoms with E-state index in [0.717, 1.165) is 12.8 Å². The van der Waals surface area contributed by atoms with Gasteiger partial charge in [0, 0.05) is 12.6 Å². The van der Waals surface area contributed by atoms with Crippen LogP contribution in [-0.4, -0.2) is 6.21 Å². The highest BCUT2D eigenvalue weighted by Crippen LogP contribution is 2.58. The molecule has 0 unspecified atom stereocenters. The van der Waals surface area contributed by atoms with Crippen molar-refractivity contribution in [1.29, 1.82) is 0 Å². The Morgan fingerprint density at radius 2 is 1.39 bits per heavy atom. The first-order valence-corrected chi connectivity index (χ1v) is 12.8. The molecular formula is C34H32N2. The van der Waals surface area contributed by atoms with Crippen molar-refractivity contribution in [2.45, 2.75) is 32.1 Å². The molecule has 178 valence electrons. The largest absolute Gasteiger partial charge is 0.324 e. The van der Waals surface area contributed by atoms with Crippen LogP contribution in [0.2, 0.25) is 0 Å². The van der Waals surface area contributed by atoms with E-state index in [9.17, 15) is 0 Å². The molecule has 6 rings (SSSR count). The SMILES string of the molecule is CC.N/N=C\Cc1ccc(-c2ccc3c(c2)C(c2ccccc2)(c2ccccc2)C2=C3C=CC2)cc1. The molecule has 0 saturated heterocycles. The summed E-state index contributed by atoms with van der Waals surface area (Å²) in [7, 11) is 0. The fraction of sp³-hybridized carbons (Fsp3) is 0.147. The van der Waals surface area contributed by atoms with Gasteiger partial charge in [-0.2, -0.15) is 5.10 Å². The topological polar surface area (TPSA) is 38.4 Å². The van der Waals surface area contributed by atoms with Gasteiger partial charge in [-0.15, -0.1) is 0 Å². The van der Waals surface area contributed by atoms with E-state index in [2.05, 4.69) is 120 Å². The van der Waals surface area contributed by atoms with Gasteiger partial charge in [0.15, 0.2) is 0 Å². The van der Waals surface area contributed by atoms with Gasteiger partial charge in [-0.1, -0.05) is 123 Å². The molecule has 0 saturated carbocycles. The van der Waals surface area contributed by atoms with Crippen LogP contribution in [0.15, 0.2) is 126 Å². The minimum absolute atomic E-state index is 0.287. The number of nitrogens with two attached hydrogens (primary N) is 1. The average Bonchev–Trinajstić information content (AvgIpc) is 3.54. The smallest absolute Gasteiger partial charge is 0.0679 e. The molecular weight excluding hydrogens is 436 g/mol. The lowest BCUT2D eigenvalue weighted by Crippen LogP contribution is -2.29. The van der Waals surface area contributed by atoms with Crippen molar-refractivity contribution in [3.8, 4) is 11.1 Å². The van der Waals surface area contributed by atoms with Gasteiger partial charge in [0.25, 0.3) is 0 Å². The lowest BCUT2D eigenvalue weighted by atomic mass is 9.66. The Morgan fingerprint density at radius 3 is 2.00 bits per heavy atom. The predicted octanol–water partition coefficient (Wildman–Crippen LogP) is 7.93. The van der Waals surface area contributed by atoms with Crippen LogP contribution in [0.3, 0.4) is 0 Å². The van der Waals surface area contributed by atoms with E-state index in [1.165, 1.54) is 50.1 Å². The summed E-state index contributed by atoms with van der Waals surface area (Å²) in [6, 6.07) is 37.7. The molecule has 0 atom stereocenters. The molecule has 0 spiro atoms. The Morgan fingerprint density at radius 1 is 0.778 bits per heavy atom. The fourth-order valence-corrected chi connectivity index (χ4v) is 5.74. The molecule has 0 amide bonds. The van der Waals surface area contributed by atoms with Gasteiger partial charge in [0.05, 0.1) is 5.41 Å². The first kappa shape index (κ1) is 23.6. The highest BCUT2D eigenvalue weighted by Gasteiger charge is 2.47. The van der Waals surface area contributed by atoms with Crippen LogP contribution in [0, 0.1) is 0 Å². The molecule has 2 aliphatic rings. The summed E-state index contributed by atoms with van der Waals surface area (Å²) >= 11 is 0. The zero-order chi connectivity index (χ0) is 25.0. The first-order chi connectivity index (χ1) is 17.8. The van der Waals surface area contributed by atoms with E-state index in [-0.39, 0.29) is 5.41 Å². The second-order valence-electron chi connectivity index (χ2n) is 8.97. The van der Waals surface area contributed by atoms with E-state index < -0.39 is 0 Å². The Bertz CT molecular complexity index is 1390. The van der Waals surface area contributed by atoms with Gasteiger partial charge >= 0.3 is 0 Å². The van der Waals surface area contributed by atoms with Crippen molar-refractivity contribution in [3.63, 3.8) is 0 Å². The van der Waals surface area contributed by atoms with E-state index >= 15 is 0 Å². The Hall–Kier alpha value is -4.17. The maximum atomic E-state index is 5.27. The Balaban J connectivity index is 0.00000130. The van der Waals surface area contributed by atoms with Crippen LogP contribution in [0.5, 0.6) is 0 Å². The number of hydrogen-bond donors (Lipinski definition) is 1. The monoisotopic (exact) mass is 468 g/mol. The zero-order valence-corrected chi connectivity index (χ0v) is 21.0. The molecule has 0 aliphatic heterocycles. The van der Waals surface area contributed by atoms with Gasteiger partial charge in [-0.25, -0.2) is 0 Å². The van der Waals surface area contributed by atoms with Gasteiger partial charge in [0.2, 0.25) is 0 Å². The third-order valence-electron chi connectivity index (χ3n) is 7.23. The van der Waals surface area contributed by atoms with E-state index in [0.29, 0.717) is 0 Å². The minimum atomic E-state index is -0.287. The fourth-order valence-electron chi connectivity index (χ4n) is 5.74. The van der Waals surface area contributed by atoms with E-state index in [1.54, 1.807) is 6.21 Å². The van der Waals surface area contributed by atoms with Crippen LogP contribution in [0.1, 0.15) is 48.1 Å². The quantitative estimate of drug-likeness (QED) is 0.180. The van der Waals surface area contributed by atoms with Crippen LogP contribution in [0.4, 0.5) is 0 Å². The molecule has 0 fully saturated rings. The molecule has 2 aliphatic carbocycles. The standard InChI is InChI=1S/C32H26N2.C2H6/c33-34-21-20-23-14-16-24(17-15-23)25-18-19-29-28-12-7-13-30(28)32(31(29)22-25,26-8-3-1-4-9-26)27-10-5-2-6-11-27;1-2/h1-12,14-19,21-22H,13,20,33H2;1-2H3/b34-21-;. The van der Waals surface area contributed by atoms with Crippen LogP contribution in [-0.2, 0) is 11.8 Å². The molecule has 2 nitrogen and oxygen atoms in total. The van der Waals surface area contributed by atoms with Crippen molar-refractivity contribution < 1.29 is 0 Å². The maximum Gasteiger partial charge on any atom is 0.0679 e. The van der Waals surface area contributed by atoms with E-state index in [1.807, 2.05) is 13.8 Å². The molecule has 2 heteroatoms. The summed E-state index contributed by atoms with van der Waals surface area (Å²) in [6.45, 7) is 4.00. The highest BCUT2D eigenvalue weighted by atomic mass is 15.1. The predicted molar refractivity (Wildman–Crippen MR) is 153 cm³/mol. The number of fused-ring (bicyclic) bond motifs is 2. The second kappa shape index (κ2) is 10.2. The second-order valence-corrected chi connectivity index (χ2v) is 8.97. The van der Waals surface area contributed by atoms with Crippen LogP contribution < -0.4 is 5.84 Å². The van der Waals surface area contributed by atoms with E-state index in [4.69, 9.17) is 5.84 Å². The van der Waals surface area contributed by atoms with Gasteiger partial charge in [-0.05, 0) is 62.6 Å². The Kier molecular flexibility index (Phi) is 6.69. The number of rotatable bonds is 5. The third kappa shape index (κ3) is 3.79. The number of hydrazone groups is 1. The lowest BCUT2D eigenvalue weighted by Gasteiger charge is -2.35.